The number of benzene rings is 1. The van der Waals surface area contributed by atoms with E-state index in [1.54, 1.807) is 36.3 Å². The van der Waals surface area contributed by atoms with Crippen LogP contribution < -0.4 is 15.1 Å². The third kappa shape index (κ3) is 4.34. The minimum Gasteiger partial charge on any atom is -0.472 e. The second kappa shape index (κ2) is 8.69. The molecule has 1 aromatic carbocycles. The molecule has 1 saturated carbocycles. The molecule has 2 N–H and O–H groups in total. The fraction of sp³-hybridized carbons (Fsp3) is 0.500. The number of aromatic nitrogens is 2. The van der Waals surface area contributed by atoms with Crippen molar-refractivity contribution in [1.29, 1.82) is 0 Å². The van der Waals surface area contributed by atoms with E-state index in [9.17, 15) is 5.11 Å². The SMILES string of the molecule is OCC1CCN(c2nccnc2OC2CC(NN3Sc4ccccc4S3)C2)CC1. The summed E-state index contributed by atoms with van der Waals surface area (Å²) in [4.78, 5) is 13.8. The Morgan fingerprint density at radius 3 is 2.45 bits per heavy atom. The van der Waals surface area contributed by atoms with E-state index in [1.165, 1.54) is 9.79 Å². The highest BCUT2D eigenvalue weighted by Gasteiger charge is 2.35. The molecule has 2 aromatic rings. The molecule has 2 fully saturated rings. The number of rotatable bonds is 6. The number of hydrogen-bond donors (Lipinski definition) is 2. The minimum absolute atomic E-state index is 0.165. The van der Waals surface area contributed by atoms with Crippen LogP contribution in [-0.2, 0) is 0 Å². The number of fused-ring (bicyclic) bond motifs is 1. The van der Waals surface area contributed by atoms with Gasteiger partial charge >= 0.3 is 0 Å². The largest absolute Gasteiger partial charge is 0.472 e. The summed E-state index contributed by atoms with van der Waals surface area (Å²) in [5.74, 6) is 1.87. The number of piperidine rings is 1. The van der Waals surface area contributed by atoms with Crippen LogP contribution in [-0.4, -0.2) is 50.7 Å². The second-order valence-corrected chi connectivity index (χ2v) is 9.93. The molecule has 7 nitrogen and oxygen atoms in total. The van der Waals surface area contributed by atoms with Gasteiger partial charge in [-0.1, -0.05) is 12.1 Å². The lowest BCUT2D eigenvalue weighted by molar-refractivity contribution is 0.0708. The van der Waals surface area contributed by atoms with Crippen molar-refractivity contribution in [3.63, 3.8) is 0 Å². The molecule has 0 unspecified atom stereocenters. The van der Waals surface area contributed by atoms with E-state index in [4.69, 9.17) is 4.74 Å². The number of hydrogen-bond acceptors (Lipinski definition) is 9. The first-order valence-electron chi connectivity index (χ1n) is 10.1. The highest BCUT2D eigenvalue weighted by atomic mass is 32.2. The predicted molar refractivity (Wildman–Crippen MR) is 115 cm³/mol. The summed E-state index contributed by atoms with van der Waals surface area (Å²) < 4.78 is 8.35. The predicted octanol–water partition coefficient (Wildman–Crippen LogP) is 3.13. The van der Waals surface area contributed by atoms with E-state index in [-0.39, 0.29) is 12.7 Å². The zero-order chi connectivity index (χ0) is 19.6. The number of aliphatic hydroxyl groups excluding tert-OH is 1. The van der Waals surface area contributed by atoms with Crippen LogP contribution in [0.3, 0.4) is 0 Å². The van der Waals surface area contributed by atoms with E-state index in [0.29, 0.717) is 17.8 Å². The van der Waals surface area contributed by atoms with E-state index < -0.39 is 0 Å². The zero-order valence-electron chi connectivity index (χ0n) is 16.1. The monoisotopic (exact) mass is 431 g/mol. The molecule has 0 bridgehead atoms. The van der Waals surface area contributed by atoms with Crippen LogP contribution in [0.2, 0.25) is 0 Å². The molecule has 154 valence electrons. The number of hydrazine groups is 1. The van der Waals surface area contributed by atoms with Gasteiger partial charge in [-0.15, -0.1) is 3.82 Å². The normalized spacial score (nSPS) is 24.9. The maximum atomic E-state index is 9.36. The first-order valence-corrected chi connectivity index (χ1v) is 11.7. The molecule has 1 aromatic heterocycles. The van der Waals surface area contributed by atoms with Crippen LogP contribution in [0.1, 0.15) is 25.7 Å². The molecule has 0 amide bonds. The van der Waals surface area contributed by atoms with E-state index >= 15 is 0 Å². The minimum atomic E-state index is 0.165. The Labute approximate surface area is 179 Å². The van der Waals surface area contributed by atoms with Crippen molar-refractivity contribution in [3.8, 4) is 5.88 Å². The maximum absolute atomic E-state index is 9.36. The fourth-order valence-corrected chi connectivity index (χ4v) is 6.08. The Bertz CT molecular complexity index is 818. The Hall–Kier alpha value is -1.52. The van der Waals surface area contributed by atoms with Gasteiger partial charge in [0, 0.05) is 60.8 Å². The first kappa shape index (κ1) is 19.4. The first-order chi connectivity index (χ1) is 14.3. The standard InChI is InChI=1S/C20H25N5O2S2/c26-13-14-5-9-24(10-6-14)19-20(22-8-7-21-19)27-16-11-15(12-16)23-25-28-17-3-1-2-4-18(17)29-25/h1-4,7-8,14-16,23,26H,5-6,9-13H2. The molecule has 0 spiro atoms. The Balaban J connectivity index is 1.13. The molecule has 1 saturated heterocycles. The highest BCUT2D eigenvalue weighted by Crippen LogP contribution is 2.45. The molecular weight excluding hydrogens is 406 g/mol. The van der Waals surface area contributed by atoms with Crippen molar-refractivity contribution in [2.24, 2.45) is 5.92 Å². The lowest BCUT2D eigenvalue weighted by Crippen LogP contribution is -2.49. The summed E-state index contributed by atoms with van der Waals surface area (Å²) in [5.41, 5.74) is 3.58. The summed E-state index contributed by atoms with van der Waals surface area (Å²) in [6.45, 7) is 2.05. The van der Waals surface area contributed by atoms with Crippen molar-refractivity contribution >= 4 is 29.7 Å². The number of aliphatic hydroxyl groups is 1. The van der Waals surface area contributed by atoms with Crippen molar-refractivity contribution in [2.45, 2.75) is 47.6 Å². The van der Waals surface area contributed by atoms with Crippen LogP contribution in [0.5, 0.6) is 5.88 Å². The van der Waals surface area contributed by atoms with Gasteiger partial charge in [-0.2, -0.15) is 0 Å². The van der Waals surface area contributed by atoms with Crippen LogP contribution in [0.25, 0.3) is 0 Å². The molecule has 5 rings (SSSR count). The molecule has 1 aliphatic carbocycles. The number of ether oxygens (including phenoxy) is 1. The smallest absolute Gasteiger partial charge is 0.257 e. The summed E-state index contributed by atoms with van der Waals surface area (Å²) in [6.07, 6.45) is 7.46. The van der Waals surface area contributed by atoms with Crippen LogP contribution in [0, 0.1) is 5.92 Å². The molecule has 3 heterocycles. The Morgan fingerprint density at radius 1 is 1.07 bits per heavy atom. The molecule has 3 aliphatic rings. The fourth-order valence-electron chi connectivity index (χ4n) is 3.87. The number of nitrogens with zero attached hydrogens (tertiary/aromatic N) is 4. The summed E-state index contributed by atoms with van der Waals surface area (Å²) in [6, 6.07) is 8.87. The van der Waals surface area contributed by atoms with E-state index in [2.05, 4.69) is 48.4 Å². The van der Waals surface area contributed by atoms with E-state index in [1.807, 2.05) is 0 Å². The van der Waals surface area contributed by atoms with Crippen LogP contribution in [0.4, 0.5) is 5.82 Å². The quantitative estimate of drug-likeness (QED) is 0.671. The lowest BCUT2D eigenvalue weighted by Gasteiger charge is -2.38. The van der Waals surface area contributed by atoms with Gasteiger partial charge in [0.25, 0.3) is 5.88 Å². The Morgan fingerprint density at radius 2 is 1.76 bits per heavy atom. The van der Waals surface area contributed by atoms with Crippen molar-refractivity contribution in [1.82, 2.24) is 19.2 Å². The summed E-state index contributed by atoms with van der Waals surface area (Å²) in [5, 5.41) is 9.36. The third-order valence-corrected chi connectivity index (χ3v) is 7.92. The number of anilines is 1. The van der Waals surface area contributed by atoms with Crippen LogP contribution in [0.15, 0.2) is 46.5 Å². The molecule has 2 aliphatic heterocycles. The van der Waals surface area contributed by atoms with Gasteiger partial charge in [-0.05, 0) is 54.8 Å². The van der Waals surface area contributed by atoms with Gasteiger partial charge in [-0.25, -0.2) is 15.4 Å². The van der Waals surface area contributed by atoms with Crippen molar-refractivity contribution in [3.05, 3.63) is 36.7 Å². The Kier molecular flexibility index (Phi) is 5.83. The van der Waals surface area contributed by atoms with Gasteiger partial charge in [0.05, 0.1) is 0 Å². The van der Waals surface area contributed by atoms with Crippen molar-refractivity contribution in [2.75, 3.05) is 24.6 Å². The second-order valence-electron chi connectivity index (χ2n) is 7.72. The van der Waals surface area contributed by atoms with Gasteiger partial charge in [0.1, 0.15) is 6.10 Å². The lowest BCUT2D eigenvalue weighted by atomic mass is 9.90. The average Bonchev–Trinajstić information content (AvgIpc) is 3.15. The zero-order valence-corrected chi connectivity index (χ0v) is 17.7. The third-order valence-electron chi connectivity index (χ3n) is 5.69. The molecule has 0 radical (unpaired) electrons. The topological polar surface area (TPSA) is 73.8 Å². The van der Waals surface area contributed by atoms with E-state index in [0.717, 1.165) is 44.6 Å². The molecule has 29 heavy (non-hydrogen) atoms. The summed E-state index contributed by atoms with van der Waals surface area (Å²) in [7, 11) is 0. The average molecular weight is 432 g/mol. The maximum Gasteiger partial charge on any atom is 0.257 e. The van der Waals surface area contributed by atoms with Crippen LogP contribution >= 0.6 is 23.9 Å². The van der Waals surface area contributed by atoms with Crippen molar-refractivity contribution < 1.29 is 9.84 Å². The van der Waals surface area contributed by atoms with Gasteiger partial charge in [-0.3, -0.25) is 0 Å². The van der Waals surface area contributed by atoms with Gasteiger partial charge in [0.2, 0.25) is 0 Å². The molecule has 0 atom stereocenters. The van der Waals surface area contributed by atoms with Gasteiger partial charge < -0.3 is 14.7 Å². The molecular formula is C20H25N5O2S2. The number of nitrogens with one attached hydrogen (secondary N) is 1. The van der Waals surface area contributed by atoms with Gasteiger partial charge in [0.15, 0.2) is 5.82 Å². The summed E-state index contributed by atoms with van der Waals surface area (Å²) >= 11 is 3.48. The highest BCUT2D eigenvalue weighted by molar-refractivity contribution is 8.14. The molecule has 9 heteroatoms.